The van der Waals surface area contributed by atoms with Crippen molar-refractivity contribution in [2.24, 2.45) is 5.92 Å². The normalized spacial score (nSPS) is 18.3. The molecule has 1 aromatic carbocycles. The molecule has 4 aromatic rings. The van der Waals surface area contributed by atoms with E-state index in [9.17, 15) is 24.0 Å². The molecule has 0 fully saturated rings. The first-order chi connectivity index (χ1) is 22.6. The summed E-state index contributed by atoms with van der Waals surface area (Å²) in [6.45, 7) is 5.75. The summed E-state index contributed by atoms with van der Waals surface area (Å²) in [7, 11) is 0. The lowest BCUT2D eigenvalue weighted by Crippen LogP contribution is -2.41. The summed E-state index contributed by atoms with van der Waals surface area (Å²) >= 11 is 1.24. The topological polar surface area (TPSA) is 192 Å². The van der Waals surface area contributed by atoms with Gasteiger partial charge in [-0.1, -0.05) is 44.2 Å². The standard InChI is InChI=1S/C32H36N8O6S/c1-18(2)25-31-37-23(16-47-31)28(43)34-11-13-40(32(45)21-15-33-17-35-27(21)42)12-7-10-24(41)36-22(14-20-8-5-4-6-9-20)30-39-26(19(3)46-30)29(44)38-25/h4-6,8-9,15-18,22,25H,7,10-14H2,1-3H3,(H,34,43)(H,36,41)(H,38,44)(H,33,35,42)/t22-,25-/m0/s1. The Hall–Kier alpha value is -5.18. The van der Waals surface area contributed by atoms with E-state index in [1.807, 2.05) is 44.2 Å². The molecule has 0 spiro atoms. The van der Waals surface area contributed by atoms with Gasteiger partial charge >= 0.3 is 0 Å². The Morgan fingerprint density at radius 3 is 2.60 bits per heavy atom. The number of aryl methyl sites for hydroxylation is 1. The number of carbonyl (C=O) groups excluding carboxylic acids is 4. The van der Waals surface area contributed by atoms with Gasteiger partial charge in [-0.05, 0) is 24.8 Å². The Bertz CT molecular complexity index is 1800. The van der Waals surface area contributed by atoms with Gasteiger partial charge in [0.25, 0.3) is 23.3 Å². The average molecular weight is 661 g/mol. The molecule has 14 nitrogen and oxygen atoms in total. The fourth-order valence-electron chi connectivity index (χ4n) is 5.16. The third kappa shape index (κ3) is 8.16. The van der Waals surface area contributed by atoms with Crippen molar-refractivity contribution in [2.75, 3.05) is 19.6 Å². The van der Waals surface area contributed by atoms with Crippen molar-refractivity contribution in [1.29, 1.82) is 0 Å². The average Bonchev–Trinajstić information content (AvgIpc) is 3.70. The first-order valence-corrected chi connectivity index (χ1v) is 16.2. The van der Waals surface area contributed by atoms with E-state index < -0.39 is 35.4 Å². The number of nitrogens with zero attached hydrogens (tertiary/aromatic N) is 4. The van der Waals surface area contributed by atoms with Crippen LogP contribution in [0.1, 0.15) is 92.3 Å². The summed E-state index contributed by atoms with van der Waals surface area (Å²) in [4.78, 5) is 82.1. The highest BCUT2D eigenvalue weighted by atomic mass is 32.1. The van der Waals surface area contributed by atoms with E-state index in [4.69, 9.17) is 4.42 Å². The number of aromatic amines is 1. The number of H-pyrrole nitrogens is 1. The summed E-state index contributed by atoms with van der Waals surface area (Å²) in [6, 6.07) is 8.31. The van der Waals surface area contributed by atoms with E-state index in [0.29, 0.717) is 11.4 Å². The molecule has 0 saturated heterocycles. The first-order valence-electron chi connectivity index (χ1n) is 15.3. The van der Waals surface area contributed by atoms with Crippen molar-refractivity contribution in [2.45, 2.75) is 52.1 Å². The Labute approximate surface area is 274 Å². The number of nitrogens with one attached hydrogen (secondary N) is 4. The minimum atomic E-state index is -0.680. The molecule has 1 aliphatic rings. The zero-order valence-electron chi connectivity index (χ0n) is 26.2. The number of hydrogen-bond acceptors (Lipinski definition) is 10. The minimum absolute atomic E-state index is 0.0372. The van der Waals surface area contributed by atoms with Crippen molar-refractivity contribution in [3.05, 3.63) is 97.8 Å². The van der Waals surface area contributed by atoms with Gasteiger partial charge in [0, 0.05) is 44.1 Å². The Balaban J connectivity index is 1.46. The highest BCUT2D eigenvalue weighted by Gasteiger charge is 2.29. The maximum absolute atomic E-state index is 13.5. The third-order valence-corrected chi connectivity index (χ3v) is 8.58. The van der Waals surface area contributed by atoms with Gasteiger partial charge in [0.15, 0.2) is 5.69 Å². The maximum Gasteiger partial charge on any atom is 0.274 e. The quantitative estimate of drug-likeness (QED) is 0.255. The molecule has 3 aromatic heterocycles. The van der Waals surface area contributed by atoms with Crippen molar-refractivity contribution < 1.29 is 23.6 Å². The van der Waals surface area contributed by atoms with Crippen LogP contribution in [0.15, 0.2) is 57.4 Å². The van der Waals surface area contributed by atoms with Crippen LogP contribution in [0.25, 0.3) is 0 Å². The molecule has 5 rings (SSSR count). The van der Waals surface area contributed by atoms with E-state index in [1.165, 1.54) is 28.8 Å². The van der Waals surface area contributed by atoms with Crippen LogP contribution >= 0.6 is 11.3 Å². The molecule has 4 N–H and O–H groups in total. The van der Waals surface area contributed by atoms with Crippen LogP contribution in [0.2, 0.25) is 0 Å². The number of carbonyl (C=O) groups is 4. The van der Waals surface area contributed by atoms with Crippen LogP contribution in [0.4, 0.5) is 0 Å². The summed E-state index contributed by atoms with van der Waals surface area (Å²) in [5, 5.41) is 10.9. The number of benzene rings is 1. The van der Waals surface area contributed by atoms with Gasteiger partial charge < -0.3 is 30.3 Å². The van der Waals surface area contributed by atoms with Gasteiger partial charge in [0.05, 0.1) is 12.4 Å². The molecule has 47 heavy (non-hydrogen) atoms. The number of hydrogen-bond donors (Lipinski definition) is 4. The number of thiazole rings is 1. The van der Waals surface area contributed by atoms with E-state index in [2.05, 4.69) is 35.9 Å². The van der Waals surface area contributed by atoms with Crippen LogP contribution in [0.5, 0.6) is 0 Å². The molecule has 4 heterocycles. The Morgan fingerprint density at radius 1 is 1.06 bits per heavy atom. The lowest BCUT2D eigenvalue weighted by Gasteiger charge is -2.23. The second-order valence-electron chi connectivity index (χ2n) is 11.5. The largest absolute Gasteiger partial charge is 0.443 e. The maximum atomic E-state index is 13.5. The summed E-state index contributed by atoms with van der Waals surface area (Å²) in [6.07, 6.45) is 3.03. The van der Waals surface area contributed by atoms with Crippen molar-refractivity contribution >= 4 is 35.0 Å². The van der Waals surface area contributed by atoms with Crippen LogP contribution in [0.3, 0.4) is 0 Å². The lowest BCUT2D eigenvalue weighted by molar-refractivity contribution is -0.122. The van der Waals surface area contributed by atoms with Crippen LogP contribution < -0.4 is 21.5 Å². The smallest absolute Gasteiger partial charge is 0.274 e. The van der Waals surface area contributed by atoms with Crippen LogP contribution in [0, 0.1) is 12.8 Å². The molecule has 0 radical (unpaired) electrons. The van der Waals surface area contributed by atoms with E-state index in [-0.39, 0.29) is 72.9 Å². The number of oxazole rings is 1. The molecule has 4 bridgehead atoms. The Kier molecular flexibility index (Phi) is 10.6. The lowest BCUT2D eigenvalue weighted by atomic mass is 10.0. The molecule has 2 atom stereocenters. The number of amides is 4. The zero-order valence-corrected chi connectivity index (χ0v) is 27.1. The van der Waals surface area contributed by atoms with E-state index >= 15 is 0 Å². The van der Waals surface area contributed by atoms with Gasteiger partial charge in [0.2, 0.25) is 11.8 Å². The fraction of sp³-hybridized carbons (Fsp3) is 0.375. The second kappa shape index (κ2) is 14.9. The first kappa shape index (κ1) is 33.2. The molecule has 0 unspecified atom stereocenters. The number of rotatable bonds is 4. The third-order valence-electron chi connectivity index (χ3n) is 7.65. The minimum Gasteiger partial charge on any atom is -0.443 e. The second-order valence-corrected chi connectivity index (χ2v) is 12.4. The van der Waals surface area contributed by atoms with Crippen LogP contribution in [-0.2, 0) is 11.2 Å². The number of fused-ring (bicyclic) bond motifs is 4. The highest BCUT2D eigenvalue weighted by molar-refractivity contribution is 7.09. The van der Waals surface area contributed by atoms with Crippen molar-refractivity contribution in [3.63, 3.8) is 0 Å². The summed E-state index contributed by atoms with van der Waals surface area (Å²) < 4.78 is 5.97. The van der Waals surface area contributed by atoms with Gasteiger partial charge in [-0.2, -0.15) is 0 Å². The summed E-state index contributed by atoms with van der Waals surface area (Å²) in [5.41, 5.74) is 0.433. The predicted octanol–water partition coefficient (Wildman–Crippen LogP) is 2.72. The molecule has 1 aliphatic heterocycles. The van der Waals surface area contributed by atoms with Gasteiger partial charge in [-0.15, -0.1) is 11.3 Å². The fourth-order valence-corrected chi connectivity index (χ4v) is 6.18. The molecule has 4 amide bonds. The zero-order chi connectivity index (χ0) is 33.5. The van der Waals surface area contributed by atoms with E-state index in [1.54, 1.807) is 12.3 Å². The molecule has 15 heteroatoms. The SMILES string of the molecule is Cc1oc2nc1C(=O)N[C@@H](C(C)C)c1nc(cs1)C(=O)NCCN(C(=O)c1cnc[nH]c1=O)CCCC(=O)N[C@H]2Cc1ccccc1. The van der Waals surface area contributed by atoms with Gasteiger partial charge in [-0.25, -0.2) is 15.0 Å². The van der Waals surface area contributed by atoms with Crippen LogP contribution in [-0.4, -0.2) is 68.1 Å². The molecular weight excluding hydrogens is 624 g/mol. The van der Waals surface area contributed by atoms with E-state index in [0.717, 1.165) is 5.56 Å². The molecule has 246 valence electrons. The molecule has 0 aliphatic carbocycles. The monoisotopic (exact) mass is 660 g/mol. The molecular formula is C32H36N8O6S. The van der Waals surface area contributed by atoms with Crippen molar-refractivity contribution in [3.8, 4) is 0 Å². The van der Waals surface area contributed by atoms with Gasteiger partial charge in [0.1, 0.15) is 28.1 Å². The van der Waals surface area contributed by atoms with Crippen molar-refractivity contribution in [1.82, 2.24) is 40.8 Å². The highest BCUT2D eigenvalue weighted by Crippen LogP contribution is 2.27. The predicted molar refractivity (Wildman–Crippen MR) is 172 cm³/mol. The Morgan fingerprint density at radius 2 is 1.85 bits per heavy atom. The van der Waals surface area contributed by atoms with Gasteiger partial charge in [-0.3, -0.25) is 24.0 Å². The molecule has 0 saturated carbocycles. The number of aromatic nitrogens is 4. The summed E-state index contributed by atoms with van der Waals surface area (Å²) in [5.74, 6) is -1.42.